The Kier molecular flexibility index (Phi) is 5.71. The van der Waals surface area contributed by atoms with Crippen molar-refractivity contribution in [1.82, 2.24) is 4.90 Å². The number of nitrogens with zero attached hydrogens (tertiary/aromatic N) is 1. The molecule has 23 heavy (non-hydrogen) atoms. The van der Waals surface area contributed by atoms with Crippen LogP contribution in [0.15, 0.2) is 18.2 Å². The lowest BCUT2D eigenvalue weighted by molar-refractivity contribution is -0.143. The van der Waals surface area contributed by atoms with E-state index in [1.807, 2.05) is 37.8 Å². The lowest BCUT2D eigenvalue weighted by Crippen LogP contribution is -2.52. The normalized spacial score (nSPS) is 22.4. The maximum Gasteiger partial charge on any atom is 0.244 e. The van der Waals surface area contributed by atoms with Gasteiger partial charge in [0.05, 0.1) is 26.4 Å². The lowest BCUT2D eigenvalue weighted by Gasteiger charge is -2.36. The summed E-state index contributed by atoms with van der Waals surface area (Å²) in [6.07, 6.45) is 0.124. The molecule has 0 aliphatic carbocycles. The molecule has 1 amide bonds. The summed E-state index contributed by atoms with van der Waals surface area (Å²) < 4.78 is 16.2. The monoisotopic (exact) mass is 322 g/mol. The highest BCUT2D eigenvalue weighted by Crippen LogP contribution is 2.26. The van der Waals surface area contributed by atoms with Gasteiger partial charge in [-0.2, -0.15) is 0 Å². The fraction of sp³-hybridized carbons (Fsp3) is 0.588. The second-order valence-corrected chi connectivity index (χ2v) is 5.97. The lowest BCUT2D eigenvalue weighted by atomic mass is 10.2. The second kappa shape index (κ2) is 7.55. The van der Waals surface area contributed by atoms with Crippen molar-refractivity contribution in [2.75, 3.05) is 32.6 Å². The predicted octanol–water partition coefficient (Wildman–Crippen LogP) is 2.14. The summed E-state index contributed by atoms with van der Waals surface area (Å²) in [6, 6.07) is 5.14. The number of carbonyl (C=O) groups excluding carboxylic acids is 1. The summed E-state index contributed by atoms with van der Waals surface area (Å²) in [7, 11) is 3.20. The van der Waals surface area contributed by atoms with E-state index < -0.39 is 0 Å². The van der Waals surface area contributed by atoms with Crippen LogP contribution in [0, 0.1) is 0 Å². The number of morpholine rings is 1. The van der Waals surface area contributed by atoms with Crippen LogP contribution < -0.4 is 14.8 Å². The van der Waals surface area contributed by atoms with Gasteiger partial charge in [0.1, 0.15) is 17.5 Å². The van der Waals surface area contributed by atoms with Crippen LogP contribution in [0.4, 0.5) is 5.69 Å². The number of ether oxygens (including phenoxy) is 3. The van der Waals surface area contributed by atoms with Crippen LogP contribution in [-0.4, -0.2) is 56.4 Å². The summed E-state index contributed by atoms with van der Waals surface area (Å²) in [4.78, 5) is 14.5. The minimum Gasteiger partial charge on any atom is -0.497 e. The molecule has 6 nitrogen and oxygen atoms in total. The number of amides is 1. The standard InChI is InChI=1S/C17H26N2O4/c1-11-9-19(10-12(2)23-11)17(20)13(3)18-14-6-15(21-4)8-16(7-14)22-5/h6-8,11-13,18H,9-10H2,1-5H3/t11-,12+,13-/m1/s1. The van der Waals surface area contributed by atoms with Gasteiger partial charge in [-0.05, 0) is 20.8 Å². The number of hydrogen-bond donors (Lipinski definition) is 1. The van der Waals surface area contributed by atoms with E-state index in [0.29, 0.717) is 24.6 Å². The number of hydrogen-bond acceptors (Lipinski definition) is 5. The van der Waals surface area contributed by atoms with E-state index >= 15 is 0 Å². The zero-order valence-corrected chi connectivity index (χ0v) is 14.5. The molecule has 0 spiro atoms. The molecular weight excluding hydrogens is 296 g/mol. The summed E-state index contributed by atoms with van der Waals surface area (Å²) in [5.41, 5.74) is 0.788. The Labute approximate surface area is 137 Å². The van der Waals surface area contributed by atoms with Crippen molar-refractivity contribution in [3.63, 3.8) is 0 Å². The van der Waals surface area contributed by atoms with Crippen LogP contribution in [-0.2, 0) is 9.53 Å². The molecule has 0 bridgehead atoms. The number of nitrogens with one attached hydrogen (secondary N) is 1. The third kappa shape index (κ3) is 4.51. The van der Waals surface area contributed by atoms with Gasteiger partial charge in [0.2, 0.25) is 5.91 Å². The van der Waals surface area contributed by atoms with Gasteiger partial charge in [0.25, 0.3) is 0 Å². The predicted molar refractivity (Wildman–Crippen MR) is 89.2 cm³/mol. The summed E-state index contributed by atoms with van der Waals surface area (Å²) >= 11 is 0. The first-order chi connectivity index (χ1) is 10.9. The Morgan fingerprint density at radius 1 is 1.17 bits per heavy atom. The van der Waals surface area contributed by atoms with Gasteiger partial charge in [0.15, 0.2) is 0 Å². The largest absolute Gasteiger partial charge is 0.497 e. The van der Waals surface area contributed by atoms with Crippen molar-refractivity contribution in [2.24, 2.45) is 0 Å². The van der Waals surface area contributed by atoms with Gasteiger partial charge in [-0.25, -0.2) is 0 Å². The maximum atomic E-state index is 12.6. The molecule has 6 heteroatoms. The third-order valence-electron chi connectivity index (χ3n) is 3.84. The Morgan fingerprint density at radius 3 is 2.17 bits per heavy atom. The van der Waals surface area contributed by atoms with E-state index in [1.54, 1.807) is 20.3 Å². The molecule has 1 fully saturated rings. The molecule has 1 saturated heterocycles. The fourth-order valence-corrected chi connectivity index (χ4v) is 2.83. The van der Waals surface area contributed by atoms with E-state index in [-0.39, 0.29) is 24.2 Å². The maximum absolute atomic E-state index is 12.6. The Balaban J connectivity index is 2.06. The van der Waals surface area contributed by atoms with Gasteiger partial charge in [-0.3, -0.25) is 4.79 Å². The van der Waals surface area contributed by atoms with Gasteiger partial charge >= 0.3 is 0 Å². The molecule has 0 unspecified atom stereocenters. The first-order valence-corrected chi connectivity index (χ1v) is 7.86. The zero-order valence-electron chi connectivity index (χ0n) is 14.5. The number of rotatable bonds is 5. The van der Waals surface area contributed by atoms with Crippen LogP contribution in [0.1, 0.15) is 20.8 Å². The number of anilines is 1. The zero-order chi connectivity index (χ0) is 17.0. The van der Waals surface area contributed by atoms with Crippen molar-refractivity contribution < 1.29 is 19.0 Å². The SMILES string of the molecule is COc1cc(N[C@H](C)C(=O)N2C[C@@H](C)O[C@@H](C)C2)cc(OC)c1. The van der Waals surface area contributed by atoms with Gasteiger partial charge in [0, 0.05) is 37.0 Å². The highest BCUT2D eigenvalue weighted by molar-refractivity contribution is 5.84. The summed E-state index contributed by atoms with van der Waals surface area (Å²) in [5.74, 6) is 1.43. The van der Waals surface area contributed by atoms with Gasteiger partial charge in [-0.15, -0.1) is 0 Å². The highest BCUT2D eigenvalue weighted by atomic mass is 16.5. The second-order valence-electron chi connectivity index (χ2n) is 5.97. The number of methoxy groups -OCH3 is 2. The van der Waals surface area contributed by atoms with E-state index in [2.05, 4.69) is 5.32 Å². The molecule has 3 atom stereocenters. The van der Waals surface area contributed by atoms with Crippen LogP contribution in [0.3, 0.4) is 0 Å². The first-order valence-electron chi connectivity index (χ1n) is 7.86. The van der Waals surface area contributed by atoms with E-state index in [1.165, 1.54) is 0 Å². The number of carbonyl (C=O) groups is 1. The molecule has 1 heterocycles. The van der Waals surface area contributed by atoms with E-state index in [0.717, 1.165) is 5.69 Å². The Bertz CT molecular complexity index is 517. The molecule has 0 radical (unpaired) electrons. The topological polar surface area (TPSA) is 60.0 Å². The van der Waals surface area contributed by atoms with Crippen molar-refractivity contribution in [1.29, 1.82) is 0 Å². The Morgan fingerprint density at radius 2 is 1.70 bits per heavy atom. The summed E-state index contributed by atoms with van der Waals surface area (Å²) in [5, 5.41) is 3.23. The molecule has 2 rings (SSSR count). The highest BCUT2D eigenvalue weighted by Gasteiger charge is 2.28. The molecule has 0 aromatic heterocycles. The molecule has 1 aliphatic heterocycles. The van der Waals surface area contributed by atoms with Crippen LogP contribution >= 0.6 is 0 Å². The molecular formula is C17H26N2O4. The molecule has 0 saturated carbocycles. The smallest absolute Gasteiger partial charge is 0.244 e. The van der Waals surface area contributed by atoms with Crippen molar-refractivity contribution >= 4 is 11.6 Å². The van der Waals surface area contributed by atoms with Gasteiger partial charge < -0.3 is 24.4 Å². The van der Waals surface area contributed by atoms with Crippen LogP contribution in [0.2, 0.25) is 0 Å². The molecule has 1 N–H and O–H groups in total. The fourth-order valence-electron chi connectivity index (χ4n) is 2.83. The summed E-state index contributed by atoms with van der Waals surface area (Å²) in [6.45, 7) is 7.08. The van der Waals surface area contributed by atoms with Gasteiger partial charge in [-0.1, -0.05) is 0 Å². The quantitative estimate of drug-likeness (QED) is 0.900. The van der Waals surface area contributed by atoms with Crippen LogP contribution in [0.5, 0.6) is 11.5 Å². The molecule has 1 aromatic rings. The number of benzene rings is 1. The minimum atomic E-state index is -0.343. The first kappa shape index (κ1) is 17.4. The van der Waals surface area contributed by atoms with Crippen molar-refractivity contribution in [3.05, 3.63) is 18.2 Å². The Hall–Kier alpha value is -1.95. The van der Waals surface area contributed by atoms with Crippen LogP contribution in [0.25, 0.3) is 0 Å². The molecule has 1 aromatic carbocycles. The van der Waals surface area contributed by atoms with Crippen molar-refractivity contribution in [2.45, 2.75) is 39.0 Å². The molecule has 1 aliphatic rings. The average Bonchev–Trinajstić information content (AvgIpc) is 2.52. The third-order valence-corrected chi connectivity index (χ3v) is 3.84. The molecule has 128 valence electrons. The van der Waals surface area contributed by atoms with Crippen molar-refractivity contribution in [3.8, 4) is 11.5 Å². The minimum absolute atomic E-state index is 0.0619. The van der Waals surface area contributed by atoms with E-state index in [4.69, 9.17) is 14.2 Å². The van der Waals surface area contributed by atoms with E-state index in [9.17, 15) is 4.79 Å². The average molecular weight is 322 g/mol.